The van der Waals surface area contributed by atoms with Crippen LogP contribution in [0, 0.1) is 0 Å². The predicted molar refractivity (Wildman–Crippen MR) is 144 cm³/mol. The highest BCUT2D eigenvalue weighted by Crippen LogP contribution is 2.33. The van der Waals surface area contributed by atoms with Gasteiger partial charge in [0.2, 0.25) is 0 Å². The molecule has 11 heteroatoms. The minimum atomic E-state index is -3.81. The van der Waals surface area contributed by atoms with Gasteiger partial charge in [0, 0.05) is 22.3 Å². The molecule has 1 N–H and O–H groups in total. The van der Waals surface area contributed by atoms with Crippen LogP contribution in [0.2, 0.25) is 5.02 Å². The Hall–Kier alpha value is -3.86. The van der Waals surface area contributed by atoms with E-state index in [1.54, 1.807) is 37.6 Å². The Bertz CT molecular complexity index is 1650. The zero-order valence-corrected chi connectivity index (χ0v) is 21.8. The summed E-state index contributed by atoms with van der Waals surface area (Å²) >= 11 is 7.23. The number of carbonyl (C=O) groups excluding carboxylic acids is 1. The van der Waals surface area contributed by atoms with Gasteiger partial charge in [-0.15, -0.1) is 0 Å². The normalized spacial score (nSPS) is 11.4. The molecule has 2 heterocycles. The van der Waals surface area contributed by atoms with Crippen LogP contribution in [0.5, 0.6) is 5.75 Å². The van der Waals surface area contributed by atoms with E-state index in [-0.39, 0.29) is 17.3 Å². The number of furan rings is 1. The molecule has 1 amide bonds. The smallest absolute Gasteiger partial charge is 0.261 e. The third kappa shape index (κ3) is 5.46. The first-order valence-electron chi connectivity index (χ1n) is 11.0. The van der Waals surface area contributed by atoms with Crippen molar-refractivity contribution in [3.05, 3.63) is 101 Å². The molecule has 0 spiro atoms. The minimum absolute atomic E-state index is 0.0779. The maximum Gasteiger partial charge on any atom is 0.261 e. The molecule has 5 rings (SSSR count). The molecule has 0 saturated carbocycles. The maximum atomic E-state index is 13.6. The van der Waals surface area contributed by atoms with Crippen LogP contribution < -0.4 is 14.4 Å². The molecule has 0 aliphatic rings. The predicted octanol–water partition coefficient (Wildman–Crippen LogP) is 6.20. The van der Waals surface area contributed by atoms with Crippen LogP contribution in [-0.4, -0.2) is 26.4 Å². The molecule has 5 aromatic rings. The lowest BCUT2D eigenvalue weighted by atomic mass is 10.2. The maximum absolute atomic E-state index is 13.6. The second-order valence-corrected chi connectivity index (χ2v) is 11.1. The van der Waals surface area contributed by atoms with Gasteiger partial charge in [-0.1, -0.05) is 22.9 Å². The Labute approximate surface area is 222 Å². The first-order valence-corrected chi connectivity index (χ1v) is 13.7. The number of nitrogens with zero attached hydrogens (tertiary/aromatic N) is 2. The summed E-state index contributed by atoms with van der Waals surface area (Å²) in [6.07, 6.45) is 1.54. The Morgan fingerprint density at radius 2 is 1.84 bits per heavy atom. The second-order valence-electron chi connectivity index (χ2n) is 7.94. The number of anilines is 2. The number of hydrogen-bond acceptors (Lipinski definition) is 7. The number of fused-ring (bicyclic) bond motifs is 1. The van der Waals surface area contributed by atoms with Crippen molar-refractivity contribution in [1.82, 2.24) is 4.98 Å². The fourth-order valence-corrected chi connectivity index (χ4v) is 5.71. The topological polar surface area (TPSA) is 102 Å². The van der Waals surface area contributed by atoms with E-state index in [2.05, 4.69) is 9.71 Å². The Balaban J connectivity index is 1.42. The number of carbonyl (C=O) groups is 1. The van der Waals surface area contributed by atoms with Gasteiger partial charge in [-0.25, -0.2) is 13.4 Å². The Kier molecular flexibility index (Phi) is 6.88. The molecular formula is C26H20ClN3O5S2. The standard InChI is InChI=1S/C26H20ClN3O5S2/c1-34-20-10-13-24-23(15-20)28-26(36-24)30(16-21-3-2-14-35-21)25(31)17-4-8-19(9-5-17)29-37(32,33)22-11-6-18(27)7-12-22/h2-15,29H,16H2,1H3. The van der Waals surface area contributed by atoms with Gasteiger partial charge < -0.3 is 9.15 Å². The SMILES string of the molecule is COc1ccc2sc(N(Cc3ccco3)C(=O)c3ccc(NS(=O)(=O)c4ccc(Cl)cc4)cc3)nc2c1. The number of rotatable bonds is 8. The zero-order valence-electron chi connectivity index (χ0n) is 19.4. The van der Waals surface area contributed by atoms with Crippen molar-refractivity contribution in [2.24, 2.45) is 0 Å². The third-order valence-corrected chi connectivity index (χ3v) is 8.17. The van der Waals surface area contributed by atoms with Crippen molar-refractivity contribution in [3.63, 3.8) is 0 Å². The van der Waals surface area contributed by atoms with Gasteiger partial charge in [-0.2, -0.15) is 0 Å². The van der Waals surface area contributed by atoms with Gasteiger partial charge in [0.05, 0.1) is 35.0 Å². The molecule has 37 heavy (non-hydrogen) atoms. The molecule has 0 unspecified atom stereocenters. The summed E-state index contributed by atoms with van der Waals surface area (Å²) in [5.74, 6) is 0.956. The van der Waals surface area contributed by atoms with Crippen molar-refractivity contribution in [2.45, 2.75) is 11.4 Å². The number of nitrogens with one attached hydrogen (secondary N) is 1. The summed E-state index contributed by atoms with van der Waals surface area (Å²) in [6.45, 7) is 0.174. The zero-order chi connectivity index (χ0) is 26.0. The fraction of sp³-hybridized carbons (Fsp3) is 0.0769. The number of amides is 1. The van der Waals surface area contributed by atoms with Crippen LogP contribution in [0.15, 0.2) is 94.4 Å². The molecule has 2 aromatic heterocycles. The molecule has 0 fully saturated rings. The molecule has 0 aliphatic heterocycles. The molecule has 0 aliphatic carbocycles. The van der Waals surface area contributed by atoms with Crippen molar-refractivity contribution in [1.29, 1.82) is 0 Å². The Morgan fingerprint density at radius 3 is 2.51 bits per heavy atom. The van der Waals surface area contributed by atoms with E-state index < -0.39 is 10.0 Å². The van der Waals surface area contributed by atoms with E-state index >= 15 is 0 Å². The Morgan fingerprint density at radius 1 is 1.08 bits per heavy atom. The fourth-order valence-electron chi connectivity index (χ4n) is 3.59. The van der Waals surface area contributed by atoms with Crippen molar-refractivity contribution < 1.29 is 22.4 Å². The highest BCUT2D eigenvalue weighted by molar-refractivity contribution is 7.92. The van der Waals surface area contributed by atoms with E-state index in [1.807, 2.05) is 18.2 Å². The lowest BCUT2D eigenvalue weighted by molar-refractivity contribution is 0.0983. The molecule has 0 radical (unpaired) electrons. The number of methoxy groups -OCH3 is 1. The molecule has 8 nitrogen and oxygen atoms in total. The molecule has 0 atom stereocenters. The summed E-state index contributed by atoms with van der Waals surface area (Å²) in [5, 5.41) is 0.936. The van der Waals surface area contributed by atoms with Gasteiger partial charge in [-0.3, -0.25) is 14.4 Å². The van der Waals surface area contributed by atoms with Crippen molar-refractivity contribution in [3.8, 4) is 5.75 Å². The van der Waals surface area contributed by atoms with Crippen LogP contribution in [-0.2, 0) is 16.6 Å². The van der Waals surface area contributed by atoms with Crippen LogP contribution in [0.4, 0.5) is 10.8 Å². The van der Waals surface area contributed by atoms with Crippen LogP contribution >= 0.6 is 22.9 Å². The minimum Gasteiger partial charge on any atom is -0.497 e. The average Bonchev–Trinajstić information content (AvgIpc) is 3.56. The van der Waals surface area contributed by atoms with E-state index in [9.17, 15) is 13.2 Å². The van der Waals surface area contributed by atoms with Crippen molar-refractivity contribution >= 4 is 59.9 Å². The van der Waals surface area contributed by atoms with Gasteiger partial charge in [0.15, 0.2) is 5.13 Å². The quantitative estimate of drug-likeness (QED) is 0.245. The summed E-state index contributed by atoms with van der Waals surface area (Å²) in [6, 6.07) is 21.1. The highest BCUT2D eigenvalue weighted by atomic mass is 35.5. The number of halogens is 1. The molecule has 3 aromatic carbocycles. The summed E-state index contributed by atoms with van der Waals surface area (Å²) in [4.78, 5) is 19.9. The van der Waals surface area contributed by atoms with E-state index in [0.717, 1.165) is 4.70 Å². The van der Waals surface area contributed by atoms with E-state index in [4.69, 9.17) is 20.8 Å². The number of ether oxygens (including phenoxy) is 1. The number of thiazole rings is 1. The monoisotopic (exact) mass is 553 g/mol. The van der Waals surface area contributed by atoms with E-state index in [1.165, 1.54) is 52.6 Å². The summed E-state index contributed by atoms with van der Waals surface area (Å²) in [7, 11) is -2.23. The van der Waals surface area contributed by atoms with Gasteiger partial charge >= 0.3 is 0 Å². The number of sulfonamides is 1. The van der Waals surface area contributed by atoms with Gasteiger partial charge in [0.1, 0.15) is 11.5 Å². The summed E-state index contributed by atoms with van der Waals surface area (Å²) in [5.41, 5.74) is 1.39. The highest BCUT2D eigenvalue weighted by Gasteiger charge is 2.23. The number of hydrogen-bond donors (Lipinski definition) is 1. The lowest BCUT2D eigenvalue weighted by Gasteiger charge is -2.19. The lowest BCUT2D eigenvalue weighted by Crippen LogP contribution is -2.30. The van der Waals surface area contributed by atoms with Gasteiger partial charge in [-0.05, 0) is 72.8 Å². The number of aromatic nitrogens is 1. The van der Waals surface area contributed by atoms with E-state index in [0.29, 0.717) is 38.4 Å². The second kappa shape index (κ2) is 10.3. The molecule has 188 valence electrons. The third-order valence-electron chi connectivity index (χ3n) is 5.46. The van der Waals surface area contributed by atoms with Crippen LogP contribution in [0.25, 0.3) is 10.2 Å². The average molecular weight is 554 g/mol. The summed E-state index contributed by atoms with van der Waals surface area (Å²) < 4.78 is 39.5. The molecule has 0 bridgehead atoms. The largest absolute Gasteiger partial charge is 0.497 e. The molecule has 0 saturated heterocycles. The van der Waals surface area contributed by atoms with Crippen LogP contribution in [0.1, 0.15) is 16.1 Å². The van der Waals surface area contributed by atoms with Crippen molar-refractivity contribution in [2.75, 3.05) is 16.7 Å². The van der Waals surface area contributed by atoms with Crippen LogP contribution in [0.3, 0.4) is 0 Å². The first kappa shape index (κ1) is 24.8. The molecular weight excluding hydrogens is 534 g/mol. The first-order chi connectivity index (χ1) is 17.8. The number of benzene rings is 3. The van der Waals surface area contributed by atoms with Gasteiger partial charge in [0.25, 0.3) is 15.9 Å².